The minimum atomic E-state index is -2.09. The van der Waals surface area contributed by atoms with Crippen molar-refractivity contribution in [1.29, 1.82) is 10.8 Å². The van der Waals surface area contributed by atoms with Crippen molar-refractivity contribution in [2.75, 3.05) is 45.2 Å². The van der Waals surface area contributed by atoms with Crippen LogP contribution in [0.2, 0.25) is 0 Å². The molecule has 144 heavy (non-hydrogen) atoms. The third kappa shape index (κ3) is 35.6. The number of carbonyl (C=O) groups excluding carboxylic acids is 16. The SMILES string of the molecule is CC(C)C[C@@H]1NC(=O)[C@H](CCCNC(=N)N)NC(=O)[C@H](Cc2ccccc2)N(C)C(=O)[C@H](C)N(C)C(=O)[C@H](CCCNC(=N)N)NC(=O)[C@H](Cc2ccc(-c3ccccc3)cc2)NC(=O)[C@H](C(C)C)NC(=O)[C@H](Cc2c[nH]c3ccccc23)NC(=O)[C@H](CC(=O)O)NC(=O)[C@H](Cc2ccc(O)cc2)NC(=O)[C@H](Cc2cnc[nH]2)NC(=O)CSC[C@@H](C(=O)NCC(N)=O)NC(=O)[C@H]([C@@H](C)O)NC(=O)[C@H](C(C)C)NC1=O. The van der Waals surface area contributed by atoms with E-state index in [-0.39, 0.29) is 93.8 Å². The van der Waals surface area contributed by atoms with Gasteiger partial charge in [-0.1, -0.05) is 157 Å². The Morgan fingerprint density at radius 3 is 1.49 bits per heavy atom. The number of hydrogen-bond acceptors (Lipinski definition) is 23. The Morgan fingerprint density at radius 1 is 0.479 bits per heavy atom. The number of para-hydroxylation sites is 1. The summed E-state index contributed by atoms with van der Waals surface area (Å²) < 4.78 is 0. The van der Waals surface area contributed by atoms with Crippen molar-refractivity contribution in [3.05, 3.63) is 180 Å². The number of benzene rings is 5. The number of likely N-dealkylation sites (N-methyl/N-ethyl adjacent to an activating group) is 2. The third-order valence-corrected chi connectivity index (χ3v) is 24.9. The van der Waals surface area contributed by atoms with Crippen molar-refractivity contribution < 1.29 is 96.8 Å². The molecule has 2 aromatic heterocycles. The van der Waals surface area contributed by atoms with Crippen LogP contribution in [-0.4, -0.2) is 288 Å². The predicted octanol–water partition coefficient (Wildman–Crippen LogP) is -1.64. The van der Waals surface area contributed by atoms with E-state index in [4.69, 9.17) is 28.0 Å². The molecule has 1 fully saturated rings. The molecule has 7 aromatic rings. The van der Waals surface area contributed by atoms with Gasteiger partial charge in [-0.2, -0.15) is 0 Å². The normalized spacial score (nSPS) is 22.6. The number of aliphatic hydroxyl groups excluding tert-OH is 1. The molecule has 5 aromatic carbocycles. The average molecular weight is 2010 g/mol. The first-order chi connectivity index (χ1) is 68.3. The standard InChI is InChI=1S/C98H133N25O20S/c1-52(2)39-69-89(136)120-81(54(5)6)93(140)121-82(56(8)124)94(141)118-75(83(130)108-48-77(99)126)49-144-50-78(127)110-73(44-63-47-104-51-109-63)87(134)114-70(41-59-31-35-64(125)36-32-59)86(133)116-74(45-79(128)129)88(135)115-72(43-62-46-107-66-26-18-17-25-65(62)66)90(137)119-80(53(3)4)92(139)117-71(40-58-29-33-61(34-30-58)60-23-15-12-16-24-60)85(132)112-68(28-20-38-106-98(102)103)96(143)122(9)55(7)95(142)123(10)76(42-57-21-13-11-14-22-57)91(138)111-67(84(131)113-69)27-19-37-105-97(100)101/h11-18,21-26,29-36,46-47,51-56,67-76,80-82,107,124-125H,19-20,27-28,37-45,48-50H2,1-10H3,(H2,99,126)(H,104,109)(H,108,130)(H,110,127)(H,111,138)(H,112,132)(H,113,131)(H,114,134)(H,115,135)(H,116,133)(H,117,139)(H,118,141)(H,119,137)(H,120,136)(H,121,140)(H,128,129)(H4,100,101,105)(H4,102,103,106)/t55-,56+,67-,68-,69-,70-,71-,72-,73-,74-,75-,76-,80-,81-,82-/m0/s1. The first kappa shape index (κ1) is 114. The molecule has 0 radical (unpaired) electrons. The zero-order chi connectivity index (χ0) is 106. The molecule has 0 saturated carbocycles. The van der Waals surface area contributed by atoms with Crippen molar-refractivity contribution in [2.24, 2.45) is 35.0 Å². The van der Waals surface area contributed by atoms with E-state index < -0.39 is 246 Å². The lowest BCUT2D eigenvalue weighted by molar-refractivity contribution is -0.148. The number of phenolic OH excluding ortho intramolecular Hbond substituents is 1. The number of aromatic amines is 2. The van der Waals surface area contributed by atoms with Crippen molar-refractivity contribution in [1.82, 2.24) is 105 Å². The largest absolute Gasteiger partial charge is 0.508 e. The summed E-state index contributed by atoms with van der Waals surface area (Å²) in [6.07, 6.45) is -0.981. The van der Waals surface area contributed by atoms with E-state index in [0.29, 0.717) is 39.4 Å². The van der Waals surface area contributed by atoms with E-state index in [9.17, 15) is 48.9 Å². The number of aromatic hydroxyl groups is 1. The average Bonchev–Trinajstić information content (AvgIpc) is 1.43. The summed E-state index contributed by atoms with van der Waals surface area (Å²) in [7, 11) is 2.58. The molecule has 0 aliphatic carbocycles. The number of aliphatic hydroxyl groups is 1. The Morgan fingerprint density at radius 2 is 0.938 bits per heavy atom. The van der Waals surface area contributed by atoms with Crippen molar-refractivity contribution in [2.45, 2.75) is 217 Å². The fourth-order valence-electron chi connectivity index (χ4n) is 15.9. The molecular weight excluding hydrogens is 1880 g/mol. The Labute approximate surface area is 836 Å². The number of H-pyrrole nitrogens is 2. The first-order valence-corrected chi connectivity index (χ1v) is 48.3. The predicted molar refractivity (Wildman–Crippen MR) is 535 cm³/mol. The molecule has 776 valence electrons. The van der Waals surface area contributed by atoms with Crippen LogP contribution in [0.25, 0.3) is 22.0 Å². The molecule has 0 bridgehead atoms. The van der Waals surface area contributed by atoms with Gasteiger partial charge >= 0.3 is 5.97 Å². The number of aliphatic carboxylic acids is 1. The summed E-state index contributed by atoms with van der Waals surface area (Å²) in [5, 5.41) is 87.7. The van der Waals surface area contributed by atoms with E-state index in [1.165, 1.54) is 71.7 Å². The number of amides is 16. The maximum absolute atomic E-state index is 15.6. The van der Waals surface area contributed by atoms with Gasteiger partial charge in [-0.25, -0.2) is 4.98 Å². The van der Waals surface area contributed by atoms with Crippen LogP contribution < -0.4 is 97.0 Å². The lowest BCUT2D eigenvalue weighted by atomic mass is 9.98. The van der Waals surface area contributed by atoms with Gasteiger partial charge in [-0.05, 0) is 115 Å². The molecule has 0 spiro atoms. The molecular formula is C98H133N25O20S. The highest BCUT2D eigenvalue weighted by Gasteiger charge is 2.43. The summed E-state index contributed by atoms with van der Waals surface area (Å²) in [5.41, 5.74) is 20.9. The van der Waals surface area contributed by atoms with Crippen LogP contribution in [0.4, 0.5) is 0 Å². The molecule has 8 rings (SSSR count). The van der Waals surface area contributed by atoms with E-state index >= 15 is 47.9 Å². The van der Waals surface area contributed by atoms with E-state index in [1.807, 2.05) is 30.3 Å². The molecule has 1 aliphatic rings. The maximum atomic E-state index is 15.6. The Bertz CT molecular complexity index is 5620. The third-order valence-electron chi connectivity index (χ3n) is 23.9. The van der Waals surface area contributed by atoms with E-state index in [2.05, 4.69) is 94.7 Å². The lowest BCUT2D eigenvalue weighted by Gasteiger charge is -2.35. The molecule has 1 saturated heterocycles. The van der Waals surface area contributed by atoms with Gasteiger partial charge in [0.05, 0.1) is 31.1 Å². The van der Waals surface area contributed by atoms with Crippen molar-refractivity contribution in [3.8, 4) is 16.9 Å². The van der Waals surface area contributed by atoms with E-state index in [1.54, 1.807) is 113 Å². The highest BCUT2D eigenvalue weighted by molar-refractivity contribution is 8.00. The van der Waals surface area contributed by atoms with Crippen LogP contribution >= 0.6 is 11.8 Å². The number of carbonyl (C=O) groups is 17. The van der Waals surface area contributed by atoms with Gasteiger partial charge in [-0.15, -0.1) is 11.8 Å². The van der Waals surface area contributed by atoms with Crippen molar-refractivity contribution >= 4 is 135 Å². The Kier molecular flexibility index (Phi) is 43.9. The second-order valence-corrected chi connectivity index (χ2v) is 37.5. The number of nitrogens with zero attached hydrogens (tertiary/aromatic N) is 3. The number of guanidine groups is 2. The summed E-state index contributed by atoms with van der Waals surface area (Å²) in [4.78, 5) is 263. The number of nitrogens with two attached hydrogens (primary N) is 3. The molecule has 45 nitrogen and oxygen atoms in total. The first-order valence-electron chi connectivity index (χ1n) is 47.2. The number of aromatic nitrogens is 3. The second-order valence-electron chi connectivity index (χ2n) is 36.5. The number of carboxylic acids is 1. The highest BCUT2D eigenvalue weighted by atomic mass is 32.2. The number of carboxylic acid groups (broad SMARTS) is 1. The number of phenols is 1. The van der Waals surface area contributed by atoms with Crippen LogP contribution in [-0.2, 0) is 114 Å². The molecule has 46 heteroatoms. The fourth-order valence-corrected chi connectivity index (χ4v) is 16.7. The minimum absolute atomic E-state index is 0.00978. The van der Waals surface area contributed by atoms with Gasteiger partial charge in [0.1, 0.15) is 90.3 Å². The maximum Gasteiger partial charge on any atom is 0.305 e. The monoisotopic (exact) mass is 2010 g/mol. The van der Waals surface area contributed by atoms with Crippen LogP contribution in [0.5, 0.6) is 5.75 Å². The van der Waals surface area contributed by atoms with Crippen LogP contribution in [0.15, 0.2) is 152 Å². The fraction of sp³-hybridized carbons (Fsp3) is 0.449. The van der Waals surface area contributed by atoms with Crippen LogP contribution in [0, 0.1) is 28.6 Å². The number of fused-ring (bicyclic) bond motifs is 1. The minimum Gasteiger partial charge on any atom is -0.508 e. The van der Waals surface area contributed by atoms with Gasteiger partial charge < -0.3 is 132 Å². The smallest absolute Gasteiger partial charge is 0.305 e. The zero-order valence-electron chi connectivity index (χ0n) is 81.9. The zero-order valence-corrected chi connectivity index (χ0v) is 82.7. The van der Waals surface area contributed by atoms with E-state index in [0.717, 1.165) is 27.9 Å². The number of primary amides is 1. The summed E-state index contributed by atoms with van der Waals surface area (Å²) >= 11 is 0.688. The van der Waals surface area contributed by atoms with Gasteiger partial charge in [0.15, 0.2) is 11.9 Å². The second kappa shape index (κ2) is 55.6. The number of thioether (sulfide) groups is 1. The van der Waals surface area contributed by atoms with Crippen molar-refractivity contribution in [3.63, 3.8) is 0 Å². The summed E-state index contributed by atoms with van der Waals surface area (Å²) in [5.74, 6) is -22.3. The molecule has 3 heterocycles. The van der Waals surface area contributed by atoms with Crippen LogP contribution in [0.3, 0.4) is 0 Å². The van der Waals surface area contributed by atoms with Gasteiger partial charge in [0, 0.05) is 94.0 Å². The Hall–Kier alpha value is -15.5. The quantitative estimate of drug-likeness (QED) is 0.0142. The molecule has 16 amide bonds. The molecule has 1 aliphatic heterocycles. The highest BCUT2D eigenvalue weighted by Crippen LogP contribution is 2.25. The summed E-state index contributed by atoms with van der Waals surface area (Å²) in [6.45, 7) is 11.3. The molecule has 15 atom stereocenters. The van der Waals surface area contributed by atoms with Gasteiger partial charge in [0.2, 0.25) is 94.5 Å². The molecule has 0 unspecified atom stereocenters. The number of imidazole rings is 1. The van der Waals surface area contributed by atoms with Gasteiger partial charge in [-0.3, -0.25) is 92.3 Å². The number of nitrogens with one attached hydrogen (secondary N) is 19. The van der Waals surface area contributed by atoms with Gasteiger partial charge in [0.25, 0.3) is 0 Å². The number of hydrogen-bond donors (Lipinski definition) is 25. The van der Waals surface area contributed by atoms with Crippen LogP contribution in [0.1, 0.15) is 122 Å². The topological polar surface area (TPSA) is 708 Å². The number of rotatable bonds is 29. The summed E-state index contributed by atoms with van der Waals surface area (Å²) in [6, 6.07) is 13.6. The lowest BCUT2D eigenvalue weighted by Crippen LogP contribution is -2.62. The molecule has 28 N–H and O–H groups in total. The Balaban J connectivity index is 1.24.